The number of hydrogen-bond acceptors (Lipinski definition) is 4. The molecule has 0 spiro atoms. The molecule has 0 unspecified atom stereocenters. The zero-order valence-corrected chi connectivity index (χ0v) is 15.6. The predicted molar refractivity (Wildman–Crippen MR) is 106 cm³/mol. The van der Waals surface area contributed by atoms with Crippen molar-refractivity contribution in [2.75, 3.05) is 13.7 Å². The number of aromatic nitrogens is 2. The SMILES string of the molecule is COc1ccc(CNC(=O)c2c3n(c(=O)n2-c2ccccc2)CCNC3)cc1. The Morgan fingerprint density at radius 2 is 1.89 bits per heavy atom. The first-order chi connectivity index (χ1) is 13.7. The van der Waals surface area contributed by atoms with Crippen LogP contribution in [0.2, 0.25) is 0 Å². The predicted octanol–water partition coefficient (Wildman–Crippen LogP) is 1.68. The molecule has 1 aromatic heterocycles. The van der Waals surface area contributed by atoms with Crippen molar-refractivity contribution in [2.24, 2.45) is 0 Å². The highest BCUT2D eigenvalue weighted by Gasteiger charge is 2.27. The average molecular weight is 378 g/mol. The molecular formula is C21H22N4O3. The molecule has 7 nitrogen and oxygen atoms in total. The molecule has 1 aliphatic rings. The Balaban J connectivity index is 1.67. The van der Waals surface area contributed by atoms with E-state index in [1.54, 1.807) is 11.7 Å². The zero-order valence-electron chi connectivity index (χ0n) is 15.6. The Hall–Kier alpha value is -3.32. The standard InChI is InChI=1S/C21H22N4O3/c1-28-17-9-7-15(8-10-17)13-23-20(26)19-18-14-22-11-12-24(18)21(27)25(19)16-5-3-2-4-6-16/h2-10,22H,11-14H2,1H3,(H,23,26). The summed E-state index contributed by atoms with van der Waals surface area (Å²) in [5.41, 5.74) is 2.56. The molecule has 28 heavy (non-hydrogen) atoms. The minimum atomic E-state index is -0.269. The third kappa shape index (κ3) is 3.32. The third-order valence-corrected chi connectivity index (χ3v) is 4.89. The molecule has 1 amide bonds. The molecule has 2 N–H and O–H groups in total. The van der Waals surface area contributed by atoms with Gasteiger partial charge in [0, 0.05) is 26.2 Å². The second-order valence-electron chi connectivity index (χ2n) is 6.61. The summed E-state index contributed by atoms with van der Waals surface area (Å²) in [6, 6.07) is 16.8. The van der Waals surface area contributed by atoms with E-state index in [0.717, 1.165) is 11.3 Å². The van der Waals surface area contributed by atoms with E-state index in [1.807, 2.05) is 54.6 Å². The van der Waals surface area contributed by atoms with Gasteiger partial charge in [-0.2, -0.15) is 0 Å². The van der Waals surface area contributed by atoms with Crippen molar-refractivity contribution in [3.8, 4) is 11.4 Å². The second kappa shape index (κ2) is 7.74. The second-order valence-corrected chi connectivity index (χ2v) is 6.61. The van der Waals surface area contributed by atoms with Gasteiger partial charge < -0.3 is 15.4 Å². The molecule has 0 atom stereocenters. The molecule has 144 valence electrons. The first-order valence-corrected chi connectivity index (χ1v) is 9.20. The fourth-order valence-corrected chi connectivity index (χ4v) is 3.45. The lowest BCUT2D eigenvalue weighted by Crippen LogP contribution is -2.34. The summed E-state index contributed by atoms with van der Waals surface area (Å²) >= 11 is 0. The van der Waals surface area contributed by atoms with Crippen LogP contribution in [0.5, 0.6) is 5.75 Å². The molecule has 0 radical (unpaired) electrons. The number of imidazole rings is 1. The Kier molecular flexibility index (Phi) is 4.99. The number of carbonyl (C=O) groups excluding carboxylic acids is 1. The van der Waals surface area contributed by atoms with Gasteiger partial charge in [0.2, 0.25) is 0 Å². The van der Waals surface area contributed by atoms with Crippen LogP contribution in [0.15, 0.2) is 59.4 Å². The summed E-state index contributed by atoms with van der Waals surface area (Å²) in [5.74, 6) is 0.495. The number of methoxy groups -OCH3 is 1. The van der Waals surface area contributed by atoms with Crippen molar-refractivity contribution >= 4 is 5.91 Å². The molecule has 2 aromatic carbocycles. The molecule has 4 rings (SSSR count). The van der Waals surface area contributed by atoms with E-state index in [1.165, 1.54) is 4.57 Å². The average Bonchev–Trinajstić information content (AvgIpc) is 3.06. The van der Waals surface area contributed by atoms with Crippen molar-refractivity contribution in [2.45, 2.75) is 19.6 Å². The van der Waals surface area contributed by atoms with E-state index in [-0.39, 0.29) is 11.6 Å². The third-order valence-electron chi connectivity index (χ3n) is 4.89. The smallest absolute Gasteiger partial charge is 0.333 e. The lowest BCUT2D eigenvalue weighted by Gasteiger charge is -2.16. The zero-order chi connectivity index (χ0) is 19.5. The fourth-order valence-electron chi connectivity index (χ4n) is 3.45. The van der Waals surface area contributed by atoms with E-state index in [0.29, 0.717) is 43.3 Å². The van der Waals surface area contributed by atoms with E-state index in [9.17, 15) is 9.59 Å². The normalized spacial score (nSPS) is 13.0. The number of nitrogens with zero attached hydrogens (tertiary/aromatic N) is 2. The Bertz CT molecular complexity index is 1040. The Morgan fingerprint density at radius 3 is 2.61 bits per heavy atom. The van der Waals surface area contributed by atoms with Gasteiger partial charge in [0.1, 0.15) is 11.4 Å². The number of para-hydroxylation sites is 1. The number of carbonyl (C=O) groups is 1. The summed E-state index contributed by atoms with van der Waals surface area (Å²) in [7, 11) is 1.61. The van der Waals surface area contributed by atoms with Gasteiger partial charge in [-0.3, -0.25) is 13.9 Å². The topological polar surface area (TPSA) is 77.3 Å². The van der Waals surface area contributed by atoms with Gasteiger partial charge in [-0.05, 0) is 29.8 Å². The molecule has 0 saturated carbocycles. The van der Waals surface area contributed by atoms with Crippen molar-refractivity contribution in [3.63, 3.8) is 0 Å². The molecule has 0 saturated heterocycles. The number of benzene rings is 2. The summed E-state index contributed by atoms with van der Waals surface area (Å²) < 4.78 is 8.35. The van der Waals surface area contributed by atoms with Crippen molar-refractivity contribution < 1.29 is 9.53 Å². The molecule has 2 heterocycles. The number of hydrogen-bond donors (Lipinski definition) is 2. The largest absolute Gasteiger partial charge is 0.497 e. The molecule has 1 aliphatic heterocycles. The van der Waals surface area contributed by atoms with E-state index in [2.05, 4.69) is 10.6 Å². The quantitative estimate of drug-likeness (QED) is 0.708. The Morgan fingerprint density at radius 1 is 1.14 bits per heavy atom. The maximum absolute atomic E-state index is 13.1. The molecule has 7 heteroatoms. The van der Waals surface area contributed by atoms with Gasteiger partial charge in [-0.1, -0.05) is 30.3 Å². The first kappa shape index (κ1) is 18.1. The lowest BCUT2D eigenvalue weighted by molar-refractivity contribution is 0.0942. The van der Waals surface area contributed by atoms with E-state index in [4.69, 9.17) is 4.74 Å². The molecule has 0 fully saturated rings. The van der Waals surface area contributed by atoms with Crippen LogP contribution in [0.25, 0.3) is 5.69 Å². The van der Waals surface area contributed by atoms with Crippen molar-refractivity contribution in [3.05, 3.63) is 82.0 Å². The lowest BCUT2D eigenvalue weighted by atomic mass is 10.2. The minimum absolute atomic E-state index is 0.183. The van der Waals surface area contributed by atoms with Gasteiger partial charge in [0.05, 0.1) is 18.5 Å². The van der Waals surface area contributed by atoms with Gasteiger partial charge in [0.25, 0.3) is 5.91 Å². The van der Waals surface area contributed by atoms with Crippen LogP contribution < -0.4 is 21.1 Å². The van der Waals surface area contributed by atoms with Crippen LogP contribution in [0, 0.1) is 0 Å². The summed E-state index contributed by atoms with van der Waals surface area (Å²) in [4.78, 5) is 26.1. The number of amides is 1. The van der Waals surface area contributed by atoms with Crippen LogP contribution in [0.1, 0.15) is 21.7 Å². The number of rotatable bonds is 5. The van der Waals surface area contributed by atoms with E-state index < -0.39 is 0 Å². The molecule has 0 bridgehead atoms. The summed E-state index contributed by atoms with van der Waals surface area (Å²) in [6.07, 6.45) is 0. The highest BCUT2D eigenvalue weighted by atomic mass is 16.5. The highest BCUT2D eigenvalue weighted by molar-refractivity contribution is 5.94. The maximum Gasteiger partial charge on any atom is 0.333 e. The monoisotopic (exact) mass is 378 g/mol. The number of nitrogens with one attached hydrogen (secondary N) is 2. The van der Waals surface area contributed by atoms with Gasteiger partial charge in [0.15, 0.2) is 0 Å². The molecule has 3 aromatic rings. The van der Waals surface area contributed by atoms with Crippen LogP contribution in [-0.2, 0) is 19.6 Å². The minimum Gasteiger partial charge on any atom is -0.497 e. The maximum atomic E-state index is 13.1. The van der Waals surface area contributed by atoms with Crippen molar-refractivity contribution in [1.29, 1.82) is 0 Å². The highest BCUT2D eigenvalue weighted by Crippen LogP contribution is 2.17. The summed E-state index contributed by atoms with van der Waals surface area (Å²) in [6.45, 7) is 2.11. The van der Waals surface area contributed by atoms with Crippen molar-refractivity contribution in [1.82, 2.24) is 19.8 Å². The molecular weight excluding hydrogens is 356 g/mol. The van der Waals surface area contributed by atoms with Crippen LogP contribution in [0.3, 0.4) is 0 Å². The van der Waals surface area contributed by atoms with Crippen LogP contribution in [-0.4, -0.2) is 28.7 Å². The number of fused-ring (bicyclic) bond motifs is 1. The van der Waals surface area contributed by atoms with Crippen LogP contribution in [0.4, 0.5) is 0 Å². The number of ether oxygens (including phenoxy) is 1. The van der Waals surface area contributed by atoms with Crippen LogP contribution >= 0.6 is 0 Å². The fraction of sp³-hybridized carbons (Fsp3) is 0.238. The van der Waals surface area contributed by atoms with Gasteiger partial charge in [-0.15, -0.1) is 0 Å². The Labute approximate surface area is 162 Å². The van der Waals surface area contributed by atoms with Gasteiger partial charge >= 0.3 is 5.69 Å². The molecule has 0 aliphatic carbocycles. The first-order valence-electron chi connectivity index (χ1n) is 9.20. The van der Waals surface area contributed by atoms with Gasteiger partial charge in [-0.25, -0.2) is 4.79 Å². The van der Waals surface area contributed by atoms with E-state index >= 15 is 0 Å². The summed E-state index contributed by atoms with van der Waals surface area (Å²) in [5, 5.41) is 6.19.